The van der Waals surface area contributed by atoms with Crippen LogP contribution in [0.3, 0.4) is 0 Å². The Kier molecular flexibility index (Phi) is 2.50. The lowest BCUT2D eigenvalue weighted by Crippen LogP contribution is -2.33. The summed E-state index contributed by atoms with van der Waals surface area (Å²) >= 11 is 0. The van der Waals surface area contributed by atoms with Gasteiger partial charge in [-0.05, 0) is 19.1 Å². The normalized spacial score (nSPS) is 23.2. The van der Waals surface area contributed by atoms with Crippen molar-refractivity contribution in [1.82, 2.24) is 9.55 Å². The fourth-order valence-corrected chi connectivity index (χ4v) is 1.47. The summed E-state index contributed by atoms with van der Waals surface area (Å²) in [6.45, 7) is 1.62. The lowest BCUT2D eigenvalue weighted by atomic mass is 10.3. The number of rotatable bonds is 1. The Morgan fingerprint density at radius 1 is 1.50 bits per heavy atom. The van der Waals surface area contributed by atoms with Crippen molar-refractivity contribution in [2.45, 2.75) is 19.3 Å². The molecule has 5 nitrogen and oxygen atoms in total. The Labute approximate surface area is 91.4 Å². The topological polar surface area (TPSA) is 64.1 Å². The lowest BCUT2D eigenvalue weighted by molar-refractivity contribution is 0.0415. The fourth-order valence-electron chi connectivity index (χ4n) is 1.47. The van der Waals surface area contributed by atoms with E-state index in [1.54, 1.807) is 19.1 Å². The van der Waals surface area contributed by atoms with Gasteiger partial charge in [0.25, 0.3) is 5.56 Å². The summed E-state index contributed by atoms with van der Waals surface area (Å²) in [5.41, 5.74) is -0.458. The first-order valence-electron chi connectivity index (χ1n) is 4.74. The second-order valence-corrected chi connectivity index (χ2v) is 3.48. The number of H-pyrrole nitrogens is 1. The lowest BCUT2D eigenvalue weighted by Gasteiger charge is -2.13. The number of hydrogen-bond acceptors (Lipinski definition) is 3. The van der Waals surface area contributed by atoms with Gasteiger partial charge in [-0.15, -0.1) is 6.42 Å². The molecular formula is C11H10N2O3. The van der Waals surface area contributed by atoms with Gasteiger partial charge in [-0.3, -0.25) is 14.3 Å². The summed E-state index contributed by atoms with van der Waals surface area (Å²) < 4.78 is 6.66. The molecule has 0 saturated heterocycles. The third kappa shape index (κ3) is 1.71. The van der Waals surface area contributed by atoms with Crippen LogP contribution in [0.5, 0.6) is 0 Å². The van der Waals surface area contributed by atoms with E-state index in [4.69, 9.17) is 11.2 Å². The van der Waals surface area contributed by atoms with Gasteiger partial charge in [0.1, 0.15) is 6.10 Å². The highest BCUT2D eigenvalue weighted by Crippen LogP contribution is 2.18. The van der Waals surface area contributed by atoms with E-state index in [0.717, 1.165) is 0 Å². The summed E-state index contributed by atoms with van der Waals surface area (Å²) in [4.78, 5) is 24.9. The van der Waals surface area contributed by atoms with E-state index >= 15 is 0 Å². The molecule has 2 rings (SSSR count). The zero-order valence-electron chi connectivity index (χ0n) is 8.64. The number of aromatic amines is 1. The quantitative estimate of drug-likeness (QED) is 0.530. The first kappa shape index (κ1) is 10.5. The third-order valence-corrected chi connectivity index (χ3v) is 2.32. The number of terminal acetylenes is 1. The van der Waals surface area contributed by atoms with Gasteiger partial charge in [0.05, 0.1) is 0 Å². The van der Waals surface area contributed by atoms with Gasteiger partial charge >= 0.3 is 5.69 Å². The van der Waals surface area contributed by atoms with Crippen LogP contribution in [-0.4, -0.2) is 15.7 Å². The second-order valence-electron chi connectivity index (χ2n) is 3.48. The highest BCUT2D eigenvalue weighted by atomic mass is 16.5. The van der Waals surface area contributed by atoms with Crippen LogP contribution in [0.4, 0.5) is 0 Å². The van der Waals surface area contributed by atoms with Gasteiger partial charge in [-0.25, -0.2) is 4.79 Å². The molecule has 0 radical (unpaired) electrons. The van der Waals surface area contributed by atoms with Crippen molar-refractivity contribution in [2.24, 2.45) is 0 Å². The van der Waals surface area contributed by atoms with Crippen LogP contribution < -0.4 is 11.2 Å². The van der Waals surface area contributed by atoms with Gasteiger partial charge < -0.3 is 4.74 Å². The molecule has 0 saturated carbocycles. The number of aromatic nitrogens is 2. The van der Waals surface area contributed by atoms with Crippen molar-refractivity contribution in [3.05, 3.63) is 44.8 Å². The molecule has 1 N–H and O–H groups in total. The Morgan fingerprint density at radius 3 is 2.88 bits per heavy atom. The maximum Gasteiger partial charge on any atom is 0.330 e. The Morgan fingerprint density at radius 2 is 2.25 bits per heavy atom. The van der Waals surface area contributed by atoms with E-state index < -0.39 is 23.6 Å². The van der Waals surface area contributed by atoms with E-state index in [-0.39, 0.29) is 0 Å². The molecule has 0 aliphatic carbocycles. The van der Waals surface area contributed by atoms with Gasteiger partial charge in [0, 0.05) is 11.8 Å². The number of nitrogens with one attached hydrogen (secondary N) is 1. The first-order chi connectivity index (χ1) is 7.61. The minimum absolute atomic E-state index is 0.392. The van der Waals surface area contributed by atoms with E-state index in [1.165, 1.54) is 10.8 Å². The standard InChI is InChI=1S/C11H10N2O3/c1-3-8-4-5-9(16-8)13-6-7(2)10(14)12-11(13)15/h1,4-6,8-9H,2H3,(H,12,14,15). The molecule has 2 atom stereocenters. The Bertz CT molecular complexity index is 588. The fraction of sp³-hybridized carbons (Fsp3) is 0.273. The van der Waals surface area contributed by atoms with Crippen LogP contribution in [0.2, 0.25) is 0 Å². The predicted molar refractivity (Wildman–Crippen MR) is 57.9 cm³/mol. The molecule has 1 aliphatic rings. The van der Waals surface area contributed by atoms with E-state index in [1.807, 2.05) is 0 Å². The smallest absolute Gasteiger partial charge is 0.330 e. The maximum absolute atomic E-state index is 11.5. The number of aryl methyl sites for hydroxylation is 1. The van der Waals surface area contributed by atoms with Crippen LogP contribution in [0.1, 0.15) is 11.8 Å². The van der Waals surface area contributed by atoms with Gasteiger partial charge in [-0.1, -0.05) is 5.92 Å². The average Bonchev–Trinajstić information content (AvgIpc) is 2.71. The molecule has 2 heterocycles. The first-order valence-corrected chi connectivity index (χ1v) is 4.74. The van der Waals surface area contributed by atoms with Crippen molar-refractivity contribution in [1.29, 1.82) is 0 Å². The van der Waals surface area contributed by atoms with Crippen LogP contribution in [-0.2, 0) is 4.74 Å². The molecule has 0 amide bonds. The highest BCUT2D eigenvalue weighted by molar-refractivity contribution is 5.14. The molecule has 1 aliphatic heterocycles. The van der Waals surface area contributed by atoms with Crippen LogP contribution in [0.25, 0.3) is 0 Å². The van der Waals surface area contributed by atoms with Crippen LogP contribution in [0.15, 0.2) is 27.9 Å². The summed E-state index contributed by atoms with van der Waals surface area (Å²) in [6, 6.07) is 0. The van der Waals surface area contributed by atoms with Crippen molar-refractivity contribution in [3.8, 4) is 12.3 Å². The summed E-state index contributed by atoms with van der Waals surface area (Å²) in [6.07, 6.45) is 9.05. The number of hydrogen-bond donors (Lipinski definition) is 1. The molecular weight excluding hydrogens is 208 g/mol. The SMILES string of the molecule is C#CC1C=CC(n2cc(C)c(=O)[nH]c2=O)O1. The molecule has 0 aromatic carbocycles. The van der Waals surface area contributed by atoms with Crippen LogP contribution >= 0.6 is 0 Å². The van der Waals surface area contributed by atoms with Gasteiger partial charge in [0.15, 0.2) is 6.23 Å². The molecule has 5 heteroatoms. The van der Waals surface area contributed by atoms with E-state index in [2.05, 4.69) is 10.9 Å². The molecule has 2 unspecified atom stereocenters. The largest absolute Gasteiger partial charge is 0.334 e. The monoisotopic (exact) mass is 218 g/mol. The summed E-state index contributed by atoms with van der Waals surface area (Å²) in [5, 5.41) is 0. The van der Waals surface area contributed by atoms with Crippen LogP contribution in [0, 0.1) is 19.3 Å². The van der Waals surface area contributed by atoms with Crippen molar-refractivity contribution in [3.63, 3.8) is 0 Å². The minimum Gasteiger partial charge on any atom is -0.334 e. The molecule has 0 bridgehead atoms. The molecule has 1 aromatic heterocycles. The maximum atomic E-state index is 11.5. The van der Waals surface area contributed by atoms with Crippen molar-refractivity contribution >= 4 is 0 Å². The molecule has 0 spiro atoms. The average molecular weight is 218 g/mol. The van der Waals surface area contributed by atoms with Crippen molar-refractivity contribution in [2.75, 3.05) is 0 Å². The molecule has 82 valence electrons. The highest BCUT2D eigenvalue weighted by Gasteiger charge is 2.20. The molecule has 0 fully saturated rings. The minimum atomic E-state index is -0.552. The van der Waals surface area contributed by atoms with Gasteiger partial charge in [-0.2, -0.15) is 0 Å². The second kappa shape index (κ2) is 3.83. The molecule has 16 heavy (non-hydrogen) atoms. The third-order valence-electron chi connectivity index (χ3n) is 2.32. The zero-order chi connectivity index (χ0) is 11.7. The summed E-state index contributed by atoms with van der Waals surface area (Å²) in [7, 11) is 0. The predicted octanol–water partition coefficient (Wildman–Crippen LogP) is -0.0682. The number of ether oxygens (including phenoxy) is 1. The zero-order valence-corrected chi connectivity index (χ0v) is 8.64. The van der Waals surface area contributed by atoms with Crippen molar-refractivity contribution < 1.29 is 4.74 Å². The Hall–Kier alpha value is -2.06. The molecule has 1 aromatic rings. The number of nitrogens with zero attached hydrogens (tertiary/aromatic N) is 1. The van der Waals surface area contributed by atoms with E-state index in [0.29, 0.717) is 5.56 Å². The Balaban J connectivity index is 2.41. The summed E-state index contributed by atoms with van der Waals surface area (Å²) in [5.74, 6) is 2.41. The van der Waals surface area contributed by atoms with E-state index in [9.17, 15) is 9.59 Å². The van der Waals surface area contributed by atoms with Gasteiger partial charge in [0.2, 0.25) is 0 Å².